The largest absolute Gasteiger partial charge is 0.340 e. The zero-order chi connectivity index (χ0) is 18.9. The molecule has 144 valence electrons. The number of rotatable bonds is 3. The van der Waals surface area contributed by atoms with Crippen LogP contribution in [0.4, 0.5) is 0 Å². The van der Waals surface area contributed by atoms with Crippen molar-refractivity contribution in [1.29, 1.82) is 0 Å². The Bertz CT molecular complexity index is 812. The second kappa shape index (κ2) is 7.43. The van der Waals surface area contributed by atoms with Gasteiger partial charge in [0.2, 0.25) is 0 Å². The molecular formula is C21H29N5O. The summed E-state index contributed by atoms with van der Waals surface area (Å²) in [6, 6.07) is 6.25. The Hall–Kier alpha value is -2.21. The van der Waals surface area contributed by atoms with Crippen LogP contribution in [0.3, 0.4) is 0 Å². The standard InChI is InChI=1S/C21H29N5O/c1-17-6-3-7-18(23-17)12-25-10-4-8-21(14-25)9-5-11-26(15-21)20(27)19-13-24(2)16-22-19/h3,6-7,13,16H,4-5,8-12,14-15H2,1-2H3. The van der Waals surface area contributed by atoms with E-state index in [-0.39, 0.29) is 11.3 Å². The minimum Gasteiger partial charge on any atom is -0.340 e. The molecule has 0 radical (unpaired) electrons. The van der Waals surface area contributed by atoms with Crippen LogP contribution in [0.2, 0.25) is 0 Å². The molecule has 6 nitrogen and oxygen atoms in total. The maximum atomic E-state index is 12.9. The molecule has 6 heteroatoms. The number of amides is 1. The van der Waals surface area contributed by atoms with Crippen molar-refractivity contribution in [3.63, 3.8) is 0 Å². The highest BCUT2D eigenvalue weighted by Gasteiger charge is 2.40. The zero-order valence-electron chi connectivity index (χ0n) is 16.4. The number of nitrogens with zero attached hydrogens (tertiary/aromatic N) is 5. The number of imidazole rings is 1. The number of carbonyl (C=O) groups excluding carboxylic acids is 1. The van der Waals surface area contributed by atoms with Gasteiger partial charge in [-0.25, -0.2) is 4.98 Å². The van der Waals surface area contributed by atoms with Crippen molar-refractivity contribution >= 4 is 5.91 Å². The molecule has 4 heterocycles. The van der Waals surface area contributed by atoms with Crippen LogP contribution >= 0.6 is 0 Å². The van der Waals surface area contributed by atoms with E-state index in [2.05, 4.69) is 27.0 Å². The number of carbonyl (C=O) groups is 1. The number of piperidine rings is 2. The van der Waals surface area contributed by atoms with Gasteiger partial charge in [0, 0.05) is 50.5 Å². The molecule has 1 unspecified atom stereocenters. The third kappa shape index (κ3) is 4.05. The summed E-state index contributed by atoms with van der Waals surface area (Å²) < 4.78 is 1.84. The van der Waals surface area contributed by atoms with Crippen LogP contribution in [0.5, 0.6) is 0 Å². The summed E-state index contributed by atoms with van der Waals surface area (Å²) in [6.07, 6.45) is 8.20. The predicted octanol–water partition coefficient (Wildman–Crippen LogP) is 2.64. The van der Waals surface area contributed by atoms with Crippen molar-refractivity contribution in [3.05, 3.63) is 47.8 Å². The molecule has 2 aromatic heterocycles. The van der Waals surface area contributed by atoms with E-state index < -0.39 is 0 Å². The predicted molar refractivity (Wildman–Crippen MR) is 104 cm³/mol. The van der Waals surface area contributed by atoms with Crippen molar-refractivity contribution in [3.8, 4) is 0 Å². The maximum Gasteiger partial charge on any atom is 0.274 e. The monoisotopic (exact) mass is 367 g/mol. The molecule has 1 spiro atoms. The van der Waals surface area contributed by atoms with E-state index in [4.69, 9.17) is 0 Å². The lowest BCUT2D eigenvalue weighted by Gasteiger charge is -2.48. The van der Waals surface area contributed by atoms with Crippen LogP contribution in [-0.2, 0) is 13.6 Å². The van der Waals surface area contributed by atoms with E-state index >= 15 is 0 Å². The summed E-state index contributed by atoms with van der Waals surface area (Å²) in [4.78, 5) is 26.4. The Kier molecular flexibility index (Phi) is 5.00. The Balaban J connectivity index is 1.44. The quantitative estimate of drug-likeness (QED) is 0.837. The second-order valence-corrected chi connectivity index (χ2v) is 8.34. The second-order valence-electron chi connectivity index (χ2n) is 8.34. The van der Waals surface area contributed by atoms with Crippen molar-refractivity contribution in [2.45, 2.75) is 39.2 Å². The lowest BCUT2D eigenvalue weighted by Crippen LogP contribution is -2.53. The summed E-state index contributed by atoms with van der Waals surface area (Å²) in [5, 5.41) is 0. The highest BCUT2D eigenvalue weighted by Crippen LogP contribution is 2.39. The van der Waals surface area contributed by atoms with Crippen LogP contribution < -0.4 is 0 Å². The van der Waals surface area contributed by atoms with E-state index in [1.165, 1.54) is 19.3 Å². The van der Waals surface area contributed by atoms with Crippen LogP contribution in [0, 0.1) is 12.3 Å². The molecule has 1 atom stereocenters. The average molecular weight is 367 g/mol. The molecule has 27 heavy (non-hydrogen) atoms. The summed E-state index contributed by atoms with van der Waals surface area (Å²) in [6.45, 7) is 6.80. The van der Waals surface area contributed by atoms with Crippen molar-refractivity contribution in [1.82, 2.24) is 24.3 Å². The van der Waals surface area contributed by atoms with Gasteiger partial charge in [-0.3, -0.25) is 14.7 Å². The van der Waals surface area contributed by atoms with E-state index in [0.717, 1.165) is 50.5 Å². The van der Waals surface area contributed by atoms with Gasteiger partial charge >= 0.3 is 0 Å². The minimum absolute atomic E-state index is 0.0761. The number of hydrogen-bond acceptors (Lipinski definition) is 4. The van der Waals surface area contributed by atoms with Crippen LogP contribution in [0.15, 0.2) is 30.7 Å². The fourth-order valence-electron chi connectivity index (χ4n) is 4.76. The first kappa shape index (κ1) is 18.2. The Morgan fingerprint density at radius 2 is 2.00 bits per heavy atom. The molecular weight excluding hydrogens is 338 g/mol. The number of pyridine rings is 1. The number of hydrogen-bond donors (Lipinski definition) is 0. The van der Waals surface area contributed by atoms with Gasteiger partial charge in [-0.15, -0.1) is 0 Å². The van der Waals surface area contributed by atoms with Crippen molar-refractivity contribution in [2.75, 3.05) is 26.2 Å². The fourth-order valence-corrected chi connectivity index (χ4v) is 4.76. The highest BCUT2D eigenvalue weighted by molar-refractivity contribution is 5.92. The molecule has 2 aromatic rings. The molecule has 0 saturated carbocycles. The molecule has 2 aliphatic rings. The van der Waals surface area contributed by atoms with E-state index in [1.807, 2.05) is 35.7 Å². The Morgan fingerprint density at radius 3 is 2.74 bits per heavy atom. The van der Waals surface area contributed by atoms with Gasteiger partial charge in [-0.05, 0) is 51.3 Å². The normalized spacial score (nSPS) is 23.7. The van der Waals surface area contributed by atoms with Crippen molar-refractivity contribution in [2.24, 2.45) is 12.5 Å². The van der Waals surface area contributed by atoms with Gasteiger partial charge in [0.25, 0.3) is 5.91 Å². The summed E-state index contributed by atoms with van der Waals surface area (Å²) in [5.41, 5.74) is 2.99. The summed E-state index contributed by atoms with van der Waals surface area (Å²) in [5.74, 6) is 0.0761. The molecule has 1 amide bonds. The van der Waals surface area contributed by atoms with Gasteiger partial charge < -0.3 is 9.47 Å². The lowest BCUT2D eigenvalue weighted by molar-refractivity contribution is 0.0108. The summed E-state index contributed by atoms with van der Waals surface area (Å²) in [7, 11) is 1.90. The van der Waals surface area contributed by atoms with Crippen LogP contribution in [0.25, 0.3) is 0 Å². The third-order valence-corrected chi connectivity index (χ3v) is 5.94. The van der Waals surface area contributed by atoms with Crippen molar-refractivity contribution < 1.29 is 4.79 Å². The maximum absolute atomic E-state index is 12.9. The molecule has 2 fully saturated rings. The van der Waals surface area contributed by atoms with Gasteiger partial charge in [-0.2, -0.15) is 0 Å². The SMILES string of the molecule is Cc1cccc(CN2CCCC3(CCCN(C(=O)c4cn(C)cn4)C3)C2)n1. The minimum atomic E-state index is 0.0761. The number of likely N-dealkylation sites (tertiary alicyclic amines) is 2. The summed E-state index contributed by atoms with van der Waals surface area (Å²) >= 11 is 0. The first-order valence-corrected chi connectivity index (χ1v) is 9.95. The third-order valence-electron chi connectivity index (χ3n) is 5.94. The first-order chi connectivity index (χ1) is 13.0. The number of aromatic nitrogens is 3. The Morgan fingerprint density at radius 1 is 1.19 bits per heavy atom. The molecule has 0 aromatic carbocycles. The lowest BCUT2D eigenvalue weighted by atomic mass is 9.73. The molecule has 4 rings (SSSR count). The molecule has 0 N–H and O–H groups in total. The van der Waals surface area contributed by atoms with Gasteiger partial charge in [0.15, 0.2) is 0 Å². The molecule has 0 aliphatic carbocycles. The van der Waals surface area contributed by atoms with E-state index in [1.54, 1.807) is 6.33 Å². The molecule has 2 aliphatic heterocycles. The fraction of sp³-hybridized carbons (Fsp3) is 0.571. The zero-order valence-corrected chi connectivity index (χ0v) is 16.4. The highest BCUT2D eigenvalue weighted by atomic mass is 16.2. The topological polar surface area (TPSA) is 54.3 Å². The van der Waals surface area contributed by atoms with Gasteiger partial charge in [0.1, 0.15) is 5.69 Å². The Labute approximate surface area is 161 Å². The number of aryl methyl sites for hydroxylation is 2. The van der Waals surface area contributed by atoms with E-state index in [0.29, 0.717) is 5.69 Å². The average Bonchev–Trinajstić information content (AvgIpc) is 3.08. The van der Waals surface area contributed by atoms with E-state index in [9.17, 15) is 4.79 Å². The smallest absolute Gasteiger partial charge is 0.274 e. The first-order valence-electron chi connectivity index (χ1n) is 9.95. The van der Waals surface area contributed by atoms with Crippen LogP contribution in [0.1, 0.15) is 47.6 Å². The molecule has 2 saturated heterocycles. The van der Waals surface area contributed by atoms with Gasteiger partial charge in [-0.1, -0.05) is 6.07 Å². The van der Waals surface area contributed by atoms with Crippen LogP contribution in [-0.4, -0.2) is 56.4 Å². The van der Waals surface area contributed by atoms with Gasteiger partial charge in [0.05, 0.1) is 12.0 Å². The molecule has 0 bridgehead atoms.